The number of aromatic amines is 1. The number of benzene rings is 1. The van der Waals surface area contributed by atoms with Crippen molar-refractivity contribution in [3.8, 4) is 17.2 Å². The molecule has 1 aromatic carbocycles. The SMILES string of the molecule is C[C@H]1CCCN(Cc2cc3c(C4CC4)cn(-c4nc(-c5ccc(F)cc5C(=O)N5CC(F)C5)cc(C5CC5)n4)c(=O)c3[nH]2)C1. The topological polar surface area (TPSA) is 87.1 Å². The Hall–Kier alpha value is -3.92. The van der Waals surface area contributed by atoms with E-state index in [-0.39, 0.29) is 36.1 Å². The summed E-state index contributed by atoms with van der Waals surface area (Å²) in [6, 6.07) is 8.02. The first-order chi connectivity index (χ1) is 21.3. The number of rotatable bonds is 7. The number of hydrogen-bond donors (Lipinski definition) is 1. The van der Waals surface area contributed by atoms with E-state index in [4.69, 9.17) is 9.97 Å². The van der Waals surface area contributed by atoms with Crippen molar-refractivity contribution in [1.82, 2.24) is 29.3 Å². The number of aromatic nitrogens is 4. The van der Waals surface area contributed by atoms with E-state index in [1.807, 2.05) is 12.3 Å². The number of fused-ring (bicyclic) bond motifs is 1. The first-order valence-corrected chi connectivity index (χ1v) is 15.9. The van der Waals surface area contributed by atoms with E-state index >= 15 is 0 Å². The molecule has 44 heavy (non-hydrogen) atoms. The molecular formula is C34H36F2N6O2. The lowest BCUT2D eigenvalue weighted by Gasteiger charge is -2.34. The Kier molecular flexibility index (Phi) is 6.66. The number of halogens is 2. The van der Waals surface area contributed by atoms with Crippen molar-refractivity contribution < 1.29 is 13.6 Å². The van der Waals surface area contributed by atoms with Crippen LogP contribution in [0.15, 0.2) is 41.3 Å². The van der Waals surface area contributed by atoms with Gasteiger partial charge in [0.2, 0.25) is 5.95 Å². The maximum absolute atomic E-state index is 14.4. The van der Waals surface area contributed by atoms with Crippen LogP contribution in [0.25, 0.3) is 28.1 Å². The number of carbonyl (C=O) groups excluding carboxylic acids is 1. The summed E-state index contributed by atoms with van der Waals surface area (Å²) in [4.78, 5) is 44.4. The van der Waals surface area contributed by atoms with E-state index in [1.165, 1.54) is 29.9 Å². The van der Waals surface area contributed by atoms with Crippen LogP contribution in [0.2, 0.25) is 0 Å². The van der Waals surface area contributed by atoms with Crippen LogP contribution in [0.4, 0.5) is 8.78 Å². The first kappa shape index (κ1) is 27.6. The van der Waals surface area contributed by atoms with Crippen LogP contribution in [0.3, 0.4) is 0 Å². The summed E-state index contributed by atoms with van der Waals surface area (Å²) in [6.45, 7) is 5.17. The predicted molar refractivity (Wildman–Crippen MR) is 163 cm³/mol. The Bertz CT molecular complexity index is 1840. The molecule has 2 saturated heterocycles. The van der Waals surface area contributed by atoms with Crippen molar-refractivity contribution in [2.75, 3.05) is 26.2 Å². The highest BCUT2D eigenvalue weighted by Gasteiger charge is 2.34. The molecule has 4 aromatic rings. The van der Waals surface area contributed by atoms with Crippen molar-refractivity contribution in [1.29, 1.82) is 0 Å². The van der Waals surface area contributed by atoms with Crippen molar-refractivity contribution in [3.05, 3.63) is 75.2 Å². The molecule has 2 aliphatic heterocycles. The van der Waals surface area contributed by atoms with Gasteiger partial charge in [0.1, 0.15) is 17.5 Å². The third-order valence-electron chi connectivity index (χ3n) is 9.60. The summed E-state index contributed by atoms with van der Waals surface area (Å²) in [5.41, 5.74) is 4.32. The molecule has 8 nitrogen and oxygen atoms in total. The monoisotopic (exact) mass is 598 g/mol. The van der Waals surface area contributed by atoms with Gasteiger partial charge in [-0.15, -0.1) is 0 Å². The van der Waals surface area contributed by atoms with Gasteiger partial charge in [-0.05, 0) is 92.8 Å². The molecule has 1 N–H and O–H groups in total. The van der Waals surface area contributed by atoms with Crippen LogP contribution >= 0.6 is 0 Å². The maximum atomic E-state index is 14.4. The van der Waals surface area contributed by atoms with Gasteiger partial charge in [0.25, 0.3) is 11.5 Å². The molecule has 8 rings (SSSR count). The van der Waals surface area contributed by atoms with Crippen LogP contribution in [0.1, 0.15) is 84.6 Å². The lowest BCUT2D eigenvalue weighted by molar-refractivity contribution is 0.0400. The minimum Gasteiger partial charge on any atom is -0.353 e. The number of pyridine rings is 1. The fourth-order valence-corrected chi connectivity index (χ4v) is 6.88. The van der Waals surface area contributed by atoms with Crippen LogP contribution in [-0.2, 0) is 6.54 Å². The lowest BCUT2D eigenvalue weighted by Crippen LogP contribution is -2.51. The Morgan fingerprint density at radius 3 is 2.55 bits per heavy atom. The normalized spacial score (nSPS) is 21.2. The molecule has 0 spiro atoms. The molecule has 0 radical (unpaired) electrons. The molecular weight excluding hydrogens is 562 g/mol. The van der Waals surface area contributed by atoms with Crippen LogP contribution in [-0.4, -0.2) is 67.6 Å². The van der Waals surface area contributed by atoms with E-state index in [9.17, 15) is 18.4 Å². The minimum atomic E-state index is -1.07. The predicted octanol–water partition coefficient (Wildman–Crippen LogP) is 5.70. The fourth-order valence-electron chi connectivity index (χ4n) is 6.88. The molecule has 0 unspecified atom stereocenters. The molecule has 4 aliphatic rings. The van der Waals surface area contributed by atoms with Crippen molar-refractivity contribution in [2.24, 2.45) is 5.92 Å². The van der Waals surface area contributed by atoms with E-state index in [0.717, 1.165) is 67.7 Å². The fraction of sp³-hybridized carbons (Fsp3) is 0.471. The van der Waals surface area contributed by atoms with Gasteiger partial charge in [-0.3, -0.25) is 14.5 Å². The molecule has 2 saturated carbocycles. The van der Waals surface area contributed by atoms with Gasteiger partial charge in [-0.1, -0.05) is 6.92 Å². The quantitative estimate of drug-likeness (QED) is 0.295. The van der Waals surface area contributed by atoms with Gasteiger partial charge in [-0.2, -0.15) is 0 Å². The number of carbonyl (C=O) groups is 1. The zero-order valence-electron chi connectivity index (χ0n) is 24.9. The summed E-state index contributed by atoms with van der Waals surface area (Å²) in [7, 11) is 0. The largest absolute Gasteiger partial charge is 0.353 e. The number of piperidine rings is 1. The molecule has 1 amide bonds. The Morgan fingerprint density at radius 2 is 1.82 bits per heavy atom. The first-order valence-electron chi connectivity index (χ1n) is 15.9. The standard InChI is InChI=1S/C34H36F2N6O2/c1-19-3-2-10-40(14-19)17-24-12-26-28(20-4-5-20)18-42(33(44)31(26)37-24)34-38-29(21-6-7-21)13-30(39-34)25-9-8-22(35)11-27(25)32(43)41-15-23(36)16-41/h8-9,11-13,18-21,23,37H,2-7,10,14-17H2,1H3/t19-/m0/s1. The molecule has 3 aromatic heterocycles. The Morgan fingerprint density at radius 1 is 1.02 bits per heavy atom. The third kappa shape index (κ3) is 5.12. The number of nitrogens with one attached hydrogen (secondary N) is 1. The number of nitrogens with zero attached hydrogens (tertiary/aromatic N) is 5. The zero-order valence-corrected chi connectivity index (χ0v) is 24.9. The zero-order chi connectivity index (χ0) is 30.1. The highest BCUT2D eigenvalue weighted by atomic mass is 19.1. The van der Waals surface area contributed by atoms with Gasteiger partial charge >= 0.3 is 0 Å². The summed E-state index contributed by atoms with van der Waals surface area (Å²) >= 11 is 0. The summed E-state index contributed by atoms with van der Waals surface area (Å²) in [5, 5.41) is 0.972. The molecule has 5 heterocycles. The second-order valence-electron chi connectivity index (χ2n) is 13.3. The van der Waals surface area contributed by atoms with E-state index in [0.29, 0.717) is 28.6 Å². The second-order valence-corrected chi connectivity index (χ2v) is 13.3. The number of alkyl halides is 1. The lowest BCUT2D eigenvalue weighted by atomic mass is 10.00. The van der Waals surface area contributed by atoms with Gasteiger partial charge < -0.3 is 9.88 Å². The second kappa shape index (κ2) is 10.6. The van der Waals surface area contributed by atoms with Gasteiger partial charge in [0.05, 0.1) is 24.3 Å². The Balaban J connectivity index is 1.23. The maximum Gasteiger partial charge on any atom is 0.281 e. The summed E-state index contributed by atoms with van der Waals surface area (Å²) in [5.74, 6) is 0.549. The average Bonchev–Trinajstić information content (AvgIpc) is 3.93. The average molecular weight is 599 g/mol. The smallest absolute Gasteiger partial charge is 0.281 e. The van der Waals surface area contributed by atoms with Crippen LogP contribution in [0.5, 0.6) is 0 Å². The molecule has 228 valence electrons. The van der Waals surface area contributed by atoms with Crippen LogP contribution in [0, 0.1) is 11.7 Å². The number of likely N-dealkylation sites (tertiary alicyclic amines) is 2. The van der Waals surface area contributed by atoms with E-state index in [1.54, 1.807) is 10.6 Å². The van der Waals surface area contributed by atoms with Crippen LogP contribution < -0.4 is 5.56 Å². The highest BCUT2D eigenvalue weighted by molar-refractivity contribution is 6.01. The number of H-pyrrole nitrogens is 1. The molecule has 10 heteroatoms. The van der Waals surface area contributed by atoms with E-state index in [2.05, 4.69) is 22.9 Å². The number of hydrogen-bond acceptors (Lipinski definition) is 5. The molecule has 2 aliphatic carbocycles. The van der Waals surface area contributed by atoms with Gasteiger partial charge in [0.15, 0.2) is 0 Å². The minimum absolute atomic E-state index is 0.00853. The van der Waals surface area contributed by atoms with E-state index < -0.39 is 17.9 Å². The van der Waals surface area contributed by atoms with Gasteiger partial charge in [-0.25, -0.2) is 23.3 Å². The van der Waals surface area contributed by atoms with Crippen molar-refractivity contribution >= 4 is 16.8 Å². The number of amides is 1. The molecule has 4 fully saturated rings. The molecule has 0 bridgehead atoms. The summed E-state index contributed by atoms with van der Waals surface area (Å²) in [6.07, 6.45) is 7.38. The highest BCUT2D eigenvalue weighted by Crippen LogP contribution is 2.44. The van der Waals surface area contributed by atoms with Crippen molar-refractivity contribution in [2.45, 2.75) is 70.0 Å². The Labute approximate surface area is 254 Å². The van der Waals surface area contributed by atoms with Crippen molar-refractivity contribution in [3.63, 3.8) is 0 Å². The third-order valence-corrected chi connectivity index (χ3v) is 9.60. The van der Waals surface area contributed by atoms with Gasteiger partial charge in [0, 0.05) is 47.5 Å². The summed E-state index contributed by atoms with van der Waals surface area (Å²) < 4.78 is 29.5. The molecule has 1 atom stereocenters.